The molecule has 1 fully saturated rings. The molecule has 1 aliphatic heterocycles. The van der Waals surface area contributed by atoms with Gasteiger partial charge in [-0.15, -0.1) is 0 Å². The molecule has 1 N–H and O–H groups in total. The van der Waals surface area contributed by atoms with Gasteiger partial charge in [0.2, 0.25) is 5.91 Å². The standard InChI is InChI=1S/C14H17ClN2O2/c1-10(18)16-11-6-8-17(9-7-11)14(19)12-4-2-3-5-13(12)15/h2-5,11H,6-9H2,1H3,(H,16,18). The Morgan fingerprint density at radius 2 is 1.89 bits per heavy atom. The first-order chi connectivity index (χ1) is 9.08. The molecule has 0 aromatic heterocycles. The minimum atomic E-state index is -0.0353. The third-order valence-corrected chi connectivity index (χ3v) is 3.62. The Balaban J connectivity index is 1.96. The summed E-state index contributed by atoms with van der Waals surface area (Å²) in [6.07, 6.45) is 1.57. The van der Waals surface area contributed by atoms with Crippen LogP contribution >= 0.6 is 11.6 Å². The molecule has 5 heteroatoms. The zero-order valence-corrected chi connectivity index (χ0v) is 11.6. The molecule has 2 rings (SSSR count). The second-order valence-corrected chi connectivity index (χ2v) is 5.15. The maximum atomic E-state index is 12.3. The summed E-state index contributed by atoms with van der Waals surface area (Å²) in [5.74, 6) is -0.0530. The van der Waals surface area contributed by atoms with Crippen molar-refractivity contribution in [3.8, 4) is 0 Å². The van der Waals surface area contributed by atoms with Crippen LogP contribution in [0.5, 0.6) is 0 Å². The lowest BCUT2D eigenvalue weighted by Crippen LogP contribution is -2.46. The van der Waals surface area contributed by atoms with Gasteiger partial charge in [0.25, 0.3) is 5.91 Å². The Labute approximate surface area is 117 Å². The number of amides is 2. The lowest BCUT2D eigenvalue weighted by Gasteiger charge is -2.32. The van der Waals surface area contributed by atoms with E-state index in [1.54, 1.807) is 17.0 Å². The summed E-state index contributed by atoms with van der Waals surface area (Å²) in [5.41, 5.74) is 0.544. The number of hydrogen-bond donors (Lipinski definition) is 1. The smallest absolute Gasteiger partial charge is 0.255 e. The van der Waals surface area contributed by atoms with Crippen LogP contribution in [-0.2, 0) is 4.79 Å². The average molecular weight is 281 g/mol. The highest BCUT2D eigenvalue weighted by atomic mass is 35.5. The molecule has 1 aromatic carbocycles. The van der Waals surface area contributed by atoms with Gasteiger partial charge in [-0.1, -0.05) is 23.7 Å². The van der Waals surface area contributed by atoms with Crippen LogP contribution in [0.15, 0.2) is 24.3 Å². The largest absolute Gasteiger partial charge is 0.353 e. The van der Waals surface area contributed by atoms with Gasteiger partial charge in [0.05, 0.1) is 10.6 Å². The van der Waals surface area contributed by atoms with Crippen molar-refractivity contribution in [2.75, 3.05) is 13.1 Å². The molecule has 1 heterocycles. The first-order valence-electron chi connectivity index (χ1n) is 6.39. The highest BCUT2D eigenvalue weighted by Crippen LogP contribution is 2.19. The number of nitrogens with zero attached hydrogens (tertiary/aromatic N) is 1. The van der Waals surface area contributed by atoms with Crippen molar-refractivity contribution in [1.29, 1.82) is 0 Å². The number of hydrogen-bond acceptors (Lipinski definition) is 2. The fourth-order valence-electron chi connectivity index (χ4n) is 2.32. The Bertz CT molecular complexity index is 482. The van der Waals surface area contributed by atoms with Gasteiger partial charge in [0, 0.05) is 26.1 Å². The summed E-state index contributed by atoms with van der Waals surface area (Å²) in [4.78, 5) is 25.1. The Kier molecular flexibility index (Phi) is 4.43. The van der Waals surface area contributed by atoms with E-state index >= 15 is 0 Å². The topological polar surface area (TPSA) is 49.4 Å². The molecule has 0 unspecified atom stereocenters. The molecular formula is C14H17ClN2O2. The van der Waals surface area contributed by atoms with Gasteiger partial charge in [-0.3, -0.25) is 9.59 Å². The van der Waals surface area contributed by atoms with E-state index in [1.165, 1.54) is 6.92 Å². The van der Waals surface area contributed by atoms with Crippen LogP contribution < -0.4 is 5.32 Å². The number of nitrogens with one attached hydrogen (secondary N) is 1. The van der Waals surface area contributed by atoms with E-state index in [0.717, 1.165) is 12.8 Å². The highest BCUT2D eigenvalue weighted by Gasteiger charge is 2.24. The summed E-state index contributed by atoms with van der Waals surface area (Å²) >= 11 is 6.03. The second kappa shape index (κ2) is 6.06. The molecule has 0 atom stereocenters. The van der Waals surface area contributed by atoms with Crippen molar-refractivity contribution in [2.45, 2.75) is 25.8 Å². The van der Waals surface area contributed by atoms with E-state index in [-0.39, 0.29) is 17.9 Å². The van der Waals surface area contributed by atoms with Crippen molar-refractivity contribution in [2.24, 2.45) is 0 Å². The Hall–Kier alpha value is -1.55. The van der Waals surface area contributed by atoms with Crippen LogP contribution in [0.4, 0.5) is 0 Å². The summed E-state index contributed by atoms with van der Waals surface area (Å²) in [6.45, 7) is 2.81. The number of benzene rings is 1. The fourth-order valence-corrected chi connectivity index (χ4v) is 2.54. The molecule has 0 saturated carbocycles. The molecule has 1 aliphatic rings. The Morgan fingerprint density at radius 1 is 1.26 bits per heavy atom. The van der Waals surface area contributed by atoms with Crippen LogP contribution in [0.25, 0.3) is 0 Å². The predicted octanol–water partition coefficient (Wildman–Crippen LogP) is 2.08. The maximum absolute atomic E-state index is 12.3. The van der Waals surface area contributed by atoms with Gasteiger partial charge in [0.15, 0.2) is 0 Å². The van der Waals surface area contributed by atoms with Gasteiger partial charge < -0.3 is 10.2 Å². The van der Waals surface area contributed by atoms with E-state index < -0.39 is 0 Å². The first kappa shape index (κ1) is 13.9. The van der Waals surface area contributed by atoms with E-state index in [9.17, 15) is 9.59 Å². The van der Waals surface area contributed by atoms with E-state index in [0.29, 0.717) is 23.7 Å². The Morgan fingerprint density at radius 3 is 2.47 bits per heavy atom. The van der Waals surface area contributed by atoms with E-state index in [4.69, 9.17) is 11.6 Å². The first-order valence-corrected chi connectivity index (χ1v) is 6.76. The second-order valence-electron chi connectivity index (χ2n) is 4.75. The molecule has 19 heavy (non-hydrogen) atoms. The lowest BCUT2D eigenvalue weighted by molar-refractivity contribution is -0.119. The molecule has 2 amide bonds. The number of halogens is 1. The summed E-state index contributed by atoms with van der Waals surface area (Å²) in [5, 5.41) is 3.37. The lowest BCUT2D eigenvalue weighted by atomic mass is 10.0. The van der Waals surface area contributed by atoms with E-state index in [2.05, 4.69) is 5.32 Å². The van der Waals surface area contributed by atoms with Crippen molar-refractivity contribution in [1.82, 2.24) is 10.2 Å². The SMILES string of the molecule is CC(=O)NC1CCN(C(=O)c2ccccc2Cl)CC1. The van der Waals surface area contributed by atoms with Crippen LogP contribution in [0.2, 0.25) is 5.02 Å². The van der Waals surface area contributed by atoms with E-state index in [1.807, 2.05) is 12.1 Å². The quantitative estimate of drug-likeness (QED) is 0.902. The number of carbonyl (C=O) groups excluding carboxylic acids is 2. The normalized spacial score (nSPS) is 16.2. The van der Waals surface area contributed by atoms with Crippen molar-refractivity contribution >= 4 is 23.4 Å². The molecule has 4 nitrogen and oxygen atoms in total. The molecule has 1 saturated heterocycles. The van der Waals surface area contributed by atoms with Gasteiger partial charge in [0.1, 0.15) is 0 Å². The predicted molar refractivity (Wildman–Crippen MR) is 74.2 cm³/mol. The molecule has 102 valence electrons. The highest BCUT2D eigenvalue weighted by molar-refractivity contribution is 6.33. The third kappa shape index (κ3) is 3.47. The van der Waals surface area contributed by atoms with Crippen molar-refractivity contribution < 1.29 is 9.59 Å². The molecule has 0 aliphatic carbocycles. The van der Waals surface area contributed by atoms with Crippen LogP contribution in [-0.4, -0.2) is 35.8 Å². The average Bonchev–Trinajstić information content (AvgIpc) is 2.39. The minimum Gasteiger partial charge on any atom is -0.353 e. The van der Waals surface area contributed by atoms with Crippen LogP contribution in [0.1, 0.15) is 30.1 Å². The van der Waals surface area contributed by atoms with Gasteiger partial charge in [-0.25, -0.2) is 0 Å². The summed E-state index contributed by atoms with van der Waals surface area (Å²) in [7, 11) is 0. The van der Waals surface area contributed by atoms with Crippen molar-refractivity contribution in [3.05, 3.63) is 34.9 Å². The van der Waals surface area contributed by atoms with Gasteiger partial charge >= 0.3 is 0 Å². The zero-order chi connectivity index (χ0) is 13.8. The minimum absolute atomic E-state index is 0.0177. The fraction of sp³-hybridized carbons (Fsp3) is 0.429. The maximum Gasteiger partial charge on any atom is 0.255 e. The molecule has 1 aromatic rings. The molecule has 0 radical (unpaired) electrons. The number of piperidine rings is 1. The molecule has 0 spiro atoms. The van der Waals surface area contributed by atoms with Crippen molar-refractivity contribution in [3.63, 3.8) is 0 Å². The van der Waals surface area contributed by atoms with Gasteiger partial charge in [-0.2, -0.15) is 0 Å². The number of carbonyl (C=O) groups is 2. The van der Waals surface area contributed by atoms with Crippen LogP contribution in [0, 0.1) is 0 Å². The summed E-state index contributed by atoms with van der Waals surface area (Å²) < 4.78 is 0. The number of likely N-dealkylation sites (tertiary alicyclic amines) is 1. The van der Waals surface area contributed by atoms with Gasteiger partial charge in [-0.05, 0) is 25.0 Å². The number of rotatable bonds is 2. The summed E-state index contributed by atoms with van der Waals surface area (Å²) in [6, 6.07) is 7.25. The monoisotopic (exact) mass is 280 g/mol. The van der Waals surface area contributed by atoms with Crippen LogP contribution in [0.3, 0.4) is 0 Å². The molecular weight excluding hydrogens is 264 g/mol. The molecule has 0 bridgehead atoms. The zero-order valence-electron chi connectivity index (χ0n) is 10.9. The third-order valence-electron chi connectivity index (χ3n) is 3.29.